The molecule has 0 saturated carbocycles. The van der Waals surface area contributed by atoms with Crippen LogP contribution < -0.4 is 0 Å². The van der Waals surface area contributed by atoms with Crippen LogP contribution in [0, 0.1) is 0 Å². The van der Waals surface area contributed by atoms with Crippen LogP contribution in [0.3, 0.4) is 0 Å². The summed E-state index contributed by atoms with van der Waals surface area (Å²) < 4.78 is 6.78. The largest absolute Gasteiger partial charge is 0.370 e. The maximum atomic E-state index is 5.78. The Kier molecular flexibility index (Phi) is 4.73. The summed E-state index contributed by atoms with van der Waals surface area (Å²) in [5.74, 6) is 0. The van der Waals surface area contributed by atoms with Gasteiger partial charge in [-0.25, -0.2) is 0 Å². The fourth-order valence-electron chi connectivity index (χ4n) is 1.20. The highest BCUT2D eigenvalue weighted by Gasteiger charge is 2.10. The van der Waals surface area contributed by atoms with Crippen molar-refractivity contribution in [3.05, 3.63) is 35.9 Å². The molecule has 0 amide bonds. The van der Waals surface area contributed by atoms with Crippen molar-refractivity contribution < 1.29 is 4.74 Å². The van der Waals surface area contributed by atoms with Crippen LogP contribution in [-0.2, 0) is 4.74 Å². The molecule has 1 rings (SSSR count). The smallest absolute Gasteiger partial charge is 0.0917 e. The van der Waals surface area contributed by atoms with Crippen molar-refractivity contribution in [3.63, 3.8) is 0 Å². The highest BCUT2D eigenvalue weighted by atomic mass is 127. The molecule has 0 aliphatic carbocycles. The summed E-state index contributed by atoms with van der Waals surface area (Å²) in [5.41, 5.74) is 1.27. The predicted octanol–water partition coefficient (Wildman–Crippen LogP) is 3.59. The summed E-state index contributed by atoms with van der Waals surface area (Å²) in [7, 11) is 0. The Morgan fingerprint density at radius 3 is 2.31 bits per heavy atom. The van der Waals surface area contributed by atoms with Crippen molar-refractivity contribution in [2.45, 2.75) is 26.1 Å². The zero-order chi connectivity index (χ0) is 9.68. The molecular weight excluding hydrogens is 275 g/mol. The molecule has 1 aromatic carbocycles. The van der Waals surface area contributed by atoms with E-state index in [0.29, 0.717) is 6.10 Å². The summed E-state index contributed by atoms with van der Waals surface area (Å²) >= 11 is 2.36. The molecule has 0 aromatic heterocycles. The second-order valence-corrected chi connectivity index (χ2v) is 4.12. The van der Waals surface area contributed by atoms with Crippen LogP contribution in [0.25, 0.3) is 0 Å². The molecule has 0 radical (unpaired) electrons. The van der Waals surface area contributed by atoms with Crippen LogP contribution in [0.4, 0.5) is 0 Å². The molecule has 0 unspecified atom stereocenters. The van der Waals surface area contributed by atoms with Gasteiger partial charge in [0.15, 0.2) is 0 Å². The van der Waals surface area contributed by atoms with Crippen molar-refractivity contribution >= 4 is 22.6 Å². The van der Waals surface area contributed by atoms with Gasteiger partial charge in [-0.05, 0) is 19.4 Å². The lowest BCUT2D eigenvalue weighted by molar-refractivity contribution is 0.0224. The van der Waals surface area contributed by atoms with Gasteiger partial charge in [0.25, 0.3) is 0 Å². The average molecular weight is 290 g/mol. The number of hydrogen-bond acceptors (Lipinski definition) is 1. The monoisotopic (exact) mass is 290 g/mol. The fraction of sp³-hybridized carbons (Fsp3) is 0.455. The fourth-order valence-corrected chi connectivity index (χ4v) is 1.92. The third kappa shape index (κ3) is 3.65. The van der Waals surface area contributed by atoms with E-state index in [-0.39, 0.29) is 6.10 Å². The predicted molar refractivity (Wildman–Crippen MR) is 64.3 cm³/mol. The number of benzene rings is 1. The second-order valence-electron chi connectivity index (χ2n) is 3.24. The van der Waals surface area contributed by atoms with Gasteiger partial charge in [-0.2, -0.15) is 0 Å². The molecule has 0 aliphatic rings. The van der Waals surface area contributed by atoms with Gasteiger partial charge in [0.1, 0.15) is 0 Å². The molecule has 1 aromatic rings. The van der Waals surface area contributed by atoms with E-state index in [0.717, 1.165) is 4.43 Å². The molecule has 0 spiro atoms. The molecule has 13 heavy (non-hydrogen) atoms. The van der Waals surface area contributed by atoms with E-state index in [9.17, 15) is 0 Å². The van der Waals surface area contributed by atoms with Gasteiger partial charge >= 0.3 is 0 Å². The molecule has 72 valence electrons. The Labute approximate surface area is 93.6 Å². The van der Waals surface area contributed by atoms with Gasteiger partial charge in [0.2, 0.25) is 0 Å². The van der Waals surface area contributed by atoms with Gasteiger partial charge in [0.05, 0.1) is 12.2 Å². The van der Waals surface area contributed by atoms with Gasteiger partial charge < -0.3 is 4.74 Å². The first-order valence-electron chi connectivity index (χ1n) is 4.50. The van der Waals surface area contributed by atoms with Crippen molar-refractivity contribution in [1.29, 1.82) is 0 Å². The highest BCUT2D eigenvalue weighted by molar-refractivity contribution is 14.1. The standard InChI is InChI=1S/C11H15IO/c1-9(2)13-11(8-12)10-6-4-3-5-7-10/h3-7,9,11H,8H2,1-2H3/t11-/m0/s1. The van der Waals surface area contributed by atoms with Crippen LogP contribution in [0.5, 0.6) is 0 Å². The normalized spacial score (nSPS) is 13.2. The number of alkyl halides is 1. The van der Waals surface area contributed by atoms with E-state index in [1.54, 1.807) is 0 Å². The van der Waals surface area contributed by atoms with E-state index in [1.165, 1.54) is 5.56 Å². The van der Waals surface area contributed by atoms with E-state index in [1.807, 2.05) is 6.07 Å². The first-order chi connectivity index (χ1) is 6.24. The first kappa shape index (κ1) is 11.0. The van der Waals surface area contributed by atoms with Crippen LogP contribution in [0.15, 0.2) is 30.3 Å². The van der Waals surface area contributed by atoms with Gasteiger partial charge in [0, 0.05) is 4.43 Å². The molecule has 0 heterocycles. The molecule has 0 bridgehead atoms. The minimum absolute atomic E-state index is 0.238. The second kappa shape index (κ2) is 5.60. The Balaban J connectivity index is 2.67. The Morgan fingerprint density at radius 1 is 1.23 bits per heavy atom. The quantitative estimate of drug-likeness (QED) is 0.608. The molecular formula is C11H15IO. The average Bonchev–Trinajstić information content (AvgIpc) is 2.15. The third-order valence-electron chi connectivity index (χ3n) is 1.75. The van der Waals surface area contributed by atoms with Crippen LogP contribution in [0.2, 0.25) is 0 Å². The zero-order valence-electron chi connectivity index (χ0n) is 8.03. The van der Waals surface area contributed by atoms with Crippen LogP contribution in [0.1, 0.15) is 25.5 Å². The third-order valence-corrected chi connectivity index (χ3v) is 2.55. The summed E-state index contributed by atoms with van der Waals surface area (Å²) in [6.07, 6.45) is 0.529. The van der Waals surface area contributed by atoms with E-state index < -0.39 is 0 Å². The number of halogens is 1. The summed E-state index contributed by atoms with van der Waals surface area (Å²) in [6.45, 7) is 4.14. The van der Waals surface area contributed by atoms with Crippen LogP contribution in [-0.4, -0.2) is 10.5 Å². The molecule has 0 aliphatic heterocycles. The molecule has 2 heteroatoms. The minimum atomic E-state index is 0.238. The molecule has 1 nitrogen and oxygen atoms in total. The molecule has 0 N–H and O–H groups in total. The van der Waals surface area contributed by atoms with E-state index >= 15 is 0 Å². The molecule has 1 atom stereocenters. The lowest BCUT2D eigenvalue weighted by Gasteiger charge is -2.18. The summed E-state index contributed by atoms with van der Waals surface area (Å²) in [4.78, 5) is 0. The maximum Gasteiger partial charge on any atom is 0.0917 e. The Hall–Kier alpha value is -0.0900. The van der Waals surface area contributed by atoms with Gasteiger partial charge in [-0.1, -0.05) is 52.9 Å². The van der Waals surface area contributed by atoms with Crippen LogP contribution >= 0.6 is 22.6 Å². The maximum absolute atomic E-state index is 5.78. The lowest BCUT2D eigenvalue weighted by atomic mass is 10.1. The van der Waals surface area contributed by atoms with Crippen molar-refractivity contribution in [2.75, 3.05) is 4.43 Å². The van der Waals surface area contributed by atoms with Crippen molar-refractivity contribution in [3.8, 4) is 0 Å². The van der Waals surface area contributed by atoms with E-state index in [4.69, 9.17) is 4.74 Å². The Bertz CT molecular complexity index is 233. The number of hydrogen-bond donors (Lipinski definition) is 0. The van der Waals surface area contributed by atoms with Crippen molar-refractivity contribution in [2.24, 2.45) is 0 Å². The van der Waals surface area contributed by atoms with Gasteiger partial charge in [-0.15, -0.1) is 0 Å². The first-order valence-corrected chi connectivity index (χ1v) is 6.03. The SMILES string of the molecule is CC(C)O[C@@H](CI)c1ccccc1. The summed E-state index contributed by atoms with van der Waals surface area (Å²) in [5, 5.41) is 0. The van der Waals surface area contributed by atoms with Gasteiger partial charge in [-0.3, -0.25) is 0 Å². The molecule has 0 fully saturated rings. The zero-order valence-corrected chi connectivity index (χ0v) is 10.2. The molecule has 0 saturated heterocycles. The Morgan fingerprint density at radius 2 is 1.85 bits per heavy atom. The van der Waals surface area contributed by atoms with Crippen molar-refractivity contribution in [1.82, 2.24) is 0 Å². The summed E-state index contributed by atoms with van der Waals surface area (Å²) in [6, 6.07) is 10.4. The lowest BCUT2D eigenvalue weighted by Crippen LogP contribution is -2.11. The highest BCUT2D eigenvalue weighted by Crippen LogP contribution is 2.20. The number of ether oxygens (including phenoxy) is 1. The minimum Gasteiger partial charge on any atom is -0.370 e. The topological polar surface area (TPSA) is 9.23 Å². The number of rotatable bonds is 4. The van der Waals surface area contributed by atoms with E-state index in [2.05, 4.69) is 60.7 Å².